The number of aromatic nitrogens is 2. The zero-order valence-electron chi connectivity index (χ0n) is 14.0. The summed E-state index contributed by atoms with van der Waals surface area (Å²) in [5.41, 5.74) is 3.56. The van der Waals surface area contributed by atoms with Crippen molar-refractivity contribution in [3.05, 3.63) is 17.0 Å². The maximum absolute atomic E-state index is 6.22. The number of nitrogens with zero attached hydrogens (tertiary/aromatic N) is 2. The molecule has 1 aliphatic rings. The number of ether oxygens (including phenoxy) is 1. The van der Waals surface area contributed by atoms with Crippen molar-refractivity contribution in [1.29, 1.82) is 0 Å². The van der Waals surface area contributed by atoms with Crippen LogP contribution in [0.3, 0.4) is 0 Å². The van der Waals surface area contributed by atoms with Gasteiger partial charge in [-0.05, 0) is 67.1 Å². The molecule has 20 heavy (non-hydrogen) atoms. The minimum Gasteiger partial charge on any atom is -0.367 e. The summed E-state index contributed by atoms with van der Waals surface area (Å²) in [6.45, 7) is 14.0. The number of hydrogen-bond acceptors (Lipinski definition) is 3. The van der Waals surface area contributed by atoms with Crippen LogP contribution in [0.1, 0.15) is 57.1 Å². The van der Waals surface area contributed by atoms with Crippen molar-refractivity contribution < 1.29 is 4.74 Å². The highest BCUT2D eigenvalue weighted by atomic mass is 16.5. The average Bonchev–Trinajstić information content (AvgIpc) is 2.70. The number of aryl methyl sites for hydroxylation is 1. The van der Waals surface area contributed by atoms with Gasteiger partial charge in [0, 0.05) is 12.1 Å². The van der Waals surface area contributed by atoms with E-state index in [1.54, 1.807) is 0 Å². The third-order valence-corrected chi connectivity index (χ3v) is 4.42. The van der Waals surface area contributed by atoms with E-state index >= 15 is 0 Å². The first-order chi connectivity index (χ1) is 9.18. The molecule has 0 spiro atoms. The van der Waals surface area contributed by atoms with E-state index in [4.69, 9.17) is 9.84 Å². The molecule has 1 aromatic rings. The van der Waals surface area contributed by atoms with Gasteiger partial charge in [-0.25, -0.2) is 0 Å². The van der Waals surface area contributed by atoms with Crippen molar-refractivity contribution in [1.82, 2.24) is 15.1 Å². The van der Waals surface area contributed by atoms with Crippen LogP contribution in [0.25, 0.3) is 0 Å². The summed E-state index contributed by atoms with van der Waals surface area (Å²) in [6.07, 6.45) is 2.04. The summed E-state index contributed by atoms with van der Waals surface area (Å²) in [6, 6.07) is 0.305. The van der Waals surface area contributed by atoms with E-state index < -0.39 is 0 Å². The smallest absolute Gasteiger partial charge is 0.0858 e. The lowest BCUT2D eigenvalue weighted by Crippen LogP contribution is -2.32. The van der Waals surface area contributed by atoms with Gasteiger partial charge in [-0.3, -0.25) is 4.68 Å². The molecule has 0 saturated carbocycles. The standard InChI is InChI=1S/C16H29N3O/c1-11-13(8-9-17-7)12(2)19(18-11)14-10-15(3,4)20-16(14,5)6/h14,17H,8-10H2,1-7H3. The summed E-state index contributed by atoms with van der Waals surface area (Å²) < 4.78 is 8.42. The Labute approximate surface area is 122 Å². The number of likely N-dealkylation sites (N-methyl/N-ethyl adjacent to an activating group) is 1. The zero-order valence-corrected chi connectivity index (χ0v) is 14.0. The molecule has 1 aromatic heterocycles. The van der Waals surface area contributed by atoms with Crippen LogP contribution in [0.5, 0.6) is 0 Å². The highest BCUT2D eigenvalue weighted by molar-refractivity contribution is 5.26. The lowest BCUT2D eigenvalue weighted by molar-refractivity contribution is -0.0739. The second kappa shape index (κ2) is 5.15. The third-order valence-electron chi connectivity index (χ3n) is 4.42. The van der Waals surface area contributed by atoms with Crippen LogP contribution < -0.4 is 5.32 Å². The minimum absolute atomic E-state index is 0.0778. The van der Waals surface area contributed by atoms with Crippen molar-refractivity contribution in [3.8, 4) is 0 Å². The van der Waals surface area contributed by atoms with E-state index in [0.29, 0.717) is 6.04 Å². The molecule has 4 nitrogen and oxygen atoms in total. The molecule has 0 amide bonds. The van der Waals surface area contributed by atoms with Crippen LogP contribution in [0.4, 0.5) is 0 Å². The van der Waals surface area contributed by atoms with E-state index in [9.17, 15) is 0 Å². The summed E-state index contributed by atoms with van der Waals surface area (Å²) in [5, 5.41) is 8.03. The number of hydrogen-bond donors (Lipinski definition) is 1. The van der Waals surface area contributed by atoms with Crippen molar-refractivity contribution in [2.75, 3.05) is 13.6 Å². The monoisotopic (exact) mass is 279 g/mol. The van der Waals surface area contributed by atoms with Gasteiger partial charge in [-0.2, -0.15) is 5.10 Å². The minimum atomic E-state index is -0.174. The second-order valence-corrected chi connectivity index (χ2v) is 7.13. The first-order valence-electron chi connectivity index (χ1n) is 7.57. The largest absolute Gasteiger partial charge is 0.367 e. The Morgan fingerprint density at radius 2 is 1.95 bits per heavy atom. The Bertz CT molecular complexity index is 488. The van der Waals surface area contributed by atoms with Crippen molar-refractivity contribution in [2.45, 2.75) is 71.6 Å². The molecular formula is C16H29N3O. The summed E-state index contributed by atoms with van der Waals surface area (Å²) in [5.74, 6) is 0. The summed E-state index contributed by atoms with van der Waals surface area (Å²) in [7, 11) is 1.99. The topological polar surface area (TPSA) is 39.1 Å². The first-order valence-corrected chi connectivity index (χ1v) is 7.57. The Hall–Kier alpha value is -0.870. The van der Waals surface area contributed by atoms with Crippen molar-refractivity contribution in [3.63, 3.8) is 0 Å². The first kappa shape index (κ1) is 15.5. The fraction of sp³-hybridized carbons (Fsp3) is 0.812. The molecule has 0 radical (unpaired) electrons. The third kappa shape index (κ3) is 2.77. The number of rotatable bonds is 4. The fourth-order valence-electron chi connectivity index (χ4n) is 3.53. The van der Waals surface area contributed by atoms with Gasteiger partial charge in [0.15, 0.2) is 0 Å². The zero-order chi connectivity index (χ0) is 15.1. The maximum atomic E-state index is 6.22. The van der Waals surface area contributed by atoms with E-state index in [-0.39, 0.29) is 11.2 Å². The fourth-order valence-corrected chi connectivity index (χ4v) is 3.53. The van der Waals surface area contributed by atoms with Gasteiger partial charge in [0.25, 0.3) is 0 Å². The van der Waals surface area contributed by atoms with Gasteiger partial charge in [0.1, 0.15) is 0 Å². The molecule has 1 saturated heterocycles. The van der Waals surface area contributed by atoms with E-state index in [1.165, 1.54) is 11.3 Å². The quantitative estimate of drug-likeness (QED) is 0.921. The van der Waals surface area contributed by atoms with Crippen LogP contribution in [0.2, 0.25) is 0 Å². The Morgan fingerprint density at radius 1 is 1.30 bits per heavy atom. The lowest BCUT2D eigenvalue weighted by Gasteiger charge is -2.28. The van der Waals surface area contributed by atoms with Crippen LogP contribution in [0, 0.1) is 13.8 Å². The second-order valence-electron chi connectivity index (χ2n) is 7.13. The number of nitrogens with one attached hydrogen (secondary N) is 1. The average molecular weight is 279 g/mol. The SMILES string of the molecule is CNCCc1c(C)nn(C2CC(C)(C)OC2(C)C)c1C. The van der Waals surface area contributed by atoms with Crippen LogP contribution in [0.15, 0.2) is 0 Å². The Balaban J connectivity index is 2.34. The molecule has 4 heteroatoms. The molecule has 1 unspecified atom stereocenters. The van der Waals surface area contributed by atoms with Gasteiger partial charge in [0.05, 0.1) is 22.9 Å². The van der Waals surface area contributed by atoms with E-state index in [2.05, 4.69) is 51.5 Å². The van der Waals surface area contributed by atoms with Gasteiger partial charge in [-0.1, -0.05) is 0 Å². The lowest BCUT2D eigenvalue weighted by atomic mass is 9.94. The Morgan fingerprint density at radius 3 is 2.45 bits per heavy atom. The molecule has 0 bridgehead atoms. The van der Waals surface area contributed by atoms with Crippen LogP contribution >= 0.6 is 0 Å². The van der Waals surface area contributed by atoms with Crippen LogP contribution in [-0.2, 0) is 11.2 Å². The highest BCUT2D eigenvalue weighted by Crippen LogP contribution is 2.45. The van der Waals surface area contributed by atoms with Crippen LogP contribution in [-0.4, -0.2) is 34.6 Å². The molecule has 2 rings (SSSR count). The molecule has 1 N–H and O–H groups in total. The van der Waals surface area contributed by atoms with Crippen molar-refractivity contribution in [2.24, 2.45) is 0 Å². The predicted octanol–water partition coefficient (Wildman–Crippen LogP) is 2.78. The van der Waals surface area contributed by atoms with Gasteiger partial charge in [0.2, 0.25) is 0 Å². The molecule has 1 aliphatic heterocycles. The molecular weight excluding hydrogens is 250 g/mol. The van der Waals surface area contributed by atoms with E-state index in [0.717, 1.165) is 25.1 Å². The summed E-state index contributed by atoms with van der Waals surface area (Å²) >= 11 is 0. The predicted molar refractivity (Wildman–Crippen MR) is 82.2 cm³/mol. The molecule has 2 heterocycles. The van der Waals surface area contributed by atoms with Gasteiger partial charge in [-0.15, -0.1) is 0 Å². The van der Waals surface area contributed by atoms with Gasteiger partial charge < -0.3 is 10.1 Å². The molecule has 0 aromatic carbocycles. The van der Waals surface area contributed by atoms with Crippen molar-refractivity contribution >= 4 is 0 Å². The van der Waals surface area contributed by atoms with Gasteiger partial charge >= 0.3 is 0 Å². The molecule has 1 fully saturated rings. The molecule has 0 aliphatic carbocycles. The Kier molecular flexibility index (Phi) is 4.00. The van der Waals surface area contributed by atoms with E-state index in [1.807, 2.05) is 7.05 Å². The summed E-state index contributed by atoms with van der Waals surface area (Å²) in [4.78, 5) is 0. The molecule has 114 valence electrons. The normalized spacial score (nSPS) is 24.2. The maximum Gasteiger partial charge on any atom is 0.0858 e. The highest BCUT2D eigenvalue weighted by Gasteiger charge is 2.47. The molecule has 1 atom stereocenters.